The van der Waals surface area contributed by atoms with E-state index in [0.29, 0.717) is 23.4 Å². The summed E-state index contributed by atoms with van der Waals surface area (Å²) in [7, 11) is 1.85. The van der Waals surface area contributed by atoms with Crippen molar-refractivity contribution in [1.82, 2.24) is 9.78 Å². The quantitative estimate of drug-likeness (QED) is 0.845. The highest BCUT2D eigenvalue weighted by Gasteiger charge is 2.35. The van der Waals surface area contributed by atoms with Crippen LogP contribution in [0.5, 0.6) is 5.88 Å². The van der Waals surface area contributed by atoms with Crippen LogP contribution >= 0.6 is 0 Å². The second kappa shape index (κ2) is 3.95. The minimum Gasteiger partial charge on any atom is -0.471 e. The molecule has 0 radical (unpaired) electrons. The molecule has 3 unspecified atom stereocenters. The highest BCUT2D eigenvalue weighted by Crippen LogP contribution is 2.38. The summed E-state index contributed by atoms with van der Waals surface area (Å²) in [6.45, 7) is 0. The predicted molar refractivity (Wildman–Crippen MR) is 66.5 cm³/mol. The molecule has 3 rings (SSSR count). The van der Waals surface area contributed by atoms with Crippen molar-refractivity contribution < 1.29 is 4.74 Å². The lowest BCUT2D eigenvalue weighted by molar-refractivity contribution is 0.165. The third-order valence-electron chi connectivity index (χ3n) is 3.60. The van der Waals surface area contributed by atoms with Crippen LogP contribution in [-0.4, -0.2) is 15.9 Å². The molecule has 0 spiro atoms. The van der Waals surface area contributed by atoms with Crippen molar-refractivity contribution in [3.63, 3.8) is 0 Å². The molecule has 3 atom stereocenters. The number of aryl methyl sites for hydroxylation is 1. The van der Waals surface area contributed by atoms with Gasteiger partial charge in [-0.1, -0.05) is 24.3 Å². The Bertz CT molecular complexity index is 475. The van der Waals surface area contributed by atoms with Gasteiger partial charge in [0.2, 0.25) is 0 Å². The first kappa shape index (κ1) is 10.4. The first-order chi connectivity index (χ1) is 8.24. The molecule has 2 aliphatic carbocycles. The highest BCUT2D eigenvalue weighted by atomic mass is 16.5. The molecule has 4 heteroatoms. The van der Waals surface area contributed by atoms with Crippen LogP contribution in [0.2, 0.25) is 0 Å². The maximum atomic E-state index is 5.95. The van der Waals surface area contributed by atoms with Crippen molar-refractivity contribution >= 4 is 5.69 Å². The Morgan fingerprint density at radius 2 is 2.18 bits per heavy atom. The van der Waals surface area contributed by atoms with Crippen LogP contribution in [0.4, 0.5) is 5.69 Å². The number of hydrogen-bond acceptors (Lipinski definition) is 3. The Hall–Kier alpha value is -1.71. The zero-order chi connectivity index (χ0) is 11.8. The SMILES string of the molecule is Cn1cc(N)c(OC2CCC3C=CC=CC32)n1. The van der Waals surface area contributed by atoms with Gasteiger partial charge in [-0.15, -0.1) is 5.10 Å². The van der Waals surface area contributed by atoms with Gasteiger partial charge in [0.05, 0.1) is 6.20 Å². The molecular formula is C13H17N3O. The average Bonchev–Trinajstić information content (AvgIpc) is 2.85. The molecule has 0 saturated heterocycles. The topological polar surface area (TPSA) is 53.1 Å². The molecule has 1 saturated carbocycles. The zero-order valence-electron chi connectivity index (χ0n) is 9.91. The number of ether oxygens (including phenoxy) is 1. The number of fused-ring (bicyclic) bond motifs is 1. The Labute approximate surface area is 101 Å². The van der Waals surface area contributed by atoms with Crippen molar-refractivity contribution in [2.24, 2.45) is 18.9 Å². The smallest absolute Gasteiger partial charge is 0.256 e. The van der Waals surface area contributed by atoms with Crippen LogP contribution in [0, 0.1) is 11.8 Å². The lowest BCUT2D eigenvalue weighted by atomic mass is 9.91. The summed E-state index contributed by atoms with van der Waals surface area (Å²) in [6, 6.07) is 0. The van der Waals surface area contributed by atoms with E-state index in [0.717, 1.165) is 6.42 Å². The van der Waals surface area contributed by atoms with E-state index < -0.39 is 0 Å². The first-order valence-corrected chi connectivity index (χ1v) is 6.05. The number of aromatic nitrogens is 2. The van der Waals surface area contributed by atoms with E-state index in [-0.39, 0.29) is 6.10 Å². The van der Waals surface area contributed by atoms with Crippen molar-refractivity contribution in [3.8, 4) is 5.88 Å². The van der Waals surface area contributed by atoms with Crippen LogP contribution in [0.15, 0.2) is 30.5 Å². The van der Waals surface area contributed by atoms with Gasteiger partial charge < -0.3 is 10.5 Å². The molecule has 1 aromatic heterocycles. The summed E-state index contributed by atoms with van der Waals surface area (Å²) in [6.07, 6.45) is 13.0. The lowest BCUT2D eigenvalue weighted by Gasteiger charge is -2.21. The number of nitrogens with zero attached hydrogens (tertiary/aromatic N) is 2. The van der Waals surface area contributed by atoms with E-state index in [1.54, 1.807) is 10.9 Å². The monoisotopic (exact) mass is 231 g/mol. The van der Waals surface area contributed by atoms with Gasteiger partial charge in [0.15, 0.2) is 0 Å². The Kier molecular flexibility index (Phi) is 2.42. The minimum atomic E-state index is 0.207. The van der Waals surface area contributed by atoms with E-state index in [1.807, 2.05) is 7.05 Å². The molecule has 0 bridgehead atoms. The van der Waals surface area contributed by atoms with Crippen LogP contribution in [0.1, 0.15) is 12.8 Å². The van der Waals surface area contributed by atoms with E-state index in [9.17, 15) is 0 Å². The van der Waals surface area contributed by atoms with E-state index in [4.69, 9.17) is 10.5 Å². The molecule has 0 aromatic carbocycles. The molecule has 4 nitrogen and oxygen atoms in total. The van der Waals surface area contributed by atoms with Crippen LogP contribution in [-0.2, 0) is 7.05 Å². The van der Waals surface area contributed by atoms with Gasteiger partial charge >= 0.3 is 0 Å². The number of nitrogens with two attached hydrogens (primary N) is 1. The molecule has 0 aliphatic heterocycles. The number of nitrogen functional groups attached to an aromatic ring is 1. The van der Waals surface area contributed by atoms with Crippen molar-refractivity contribution in [2.75, 3.05) is 5.73 Å². The third kappa shape index (κ3) is 1.84. The van der Waals surface area contributed by atoms with Gasteiger partial charge in [0.25, 0.3) is 5.88 Å². The Morgan fingerprint density at radius 1 is 1.35 bits per heavy atom. The van der Waals surface area contributed by atoms with E-state index in [1.165, 1.54) is 6.42 Å². The molecule has 90 valence electrons. The Balaban J connectivity index is 1.76. The highest BCUT2D eigenvalue weighted by molar-refractivity contribution is 5.46. The fourth-order valence-corrected chi connectivity index (χ4v) is 2.77. The summed E-state index contributed by atoms with van der Waals surface area (Å²) in [5.41, 5.74) is 6.46. The summed E-state index contributed by atoms with van der Waals surface area (Å²) in [5.74, 6) is 1.66. The van der Waals surface area contributed by atoms with Gasteiger partial charge in [0, 0.05) is 13.0 Å². The molecule has 1 aromatic rings. The van der Waals surface area contributed by atoms with E-state index >= 15 is 0 Å². The lowest BCUT2D eigenvalue weighted by Crippen LogP contribution is -2.24. The van der Waals surface area contributed by atoms with Gasteiger partial charge in [-0.2, -0.15) is 0 Å². The maximum Gasteiger partial charge on any atom is 0.256 e. The van der Waals surface area contributed by atoms with Crippen LogP contribution in [0.3, 0.4) is 0 Å². The molecular weight excluding hydrogens is 214 g/mol. The number of rotatable bonds is 2. The third-order valence-corrected chi connectivity index (χ3v) is 3.60. The van der Waals surface area contributed by atoms with Crippen molar-refractivity contribution in [2.45, 2.75) is 18.9 Å². The summed E-state index contributed by atoms with van der Waals surface area (Å²) in [5, 5.41) is 4.24. The second-order valence-electron chi connectivity index (χ2n) is 4.81. The molecule has 2 aliphatic rings. The fourth-order valence-electron chi connectivity index (χ4n) is 2.77. The number of anilines is 1. The molecule has 17 heavy (non-hydrogen) atoms. The molecule has 1 fully saturated rings. The standard InChI is InChI=1S/C13H17N3O/c1-16-8-11(14)13(15-16)17-12-7-6-9-4-2-3-5-10(9)12/h2-5,8-10,12H,6-7,14H2,1H3. The normalized spacial score (nSPS) is 30.5. The van der Waals surface area contributed by atoms with Gasteiger partial charge in [0.1, 0.15) is 11.8 Å². The molecule has 0 amide bonds. The molecule has 1 heterocycles. The number of allylic oxidation sites excluding steroid dienone is 3. The van der Waals surface area contributed by atoms with Gasteiger partial charge in [-0.3, -0.25) is 4.68 Å². The number of hydrogen-bond donors (Lipinski definition) is 1. The fraction of sp³-hybridized carbons (Fsp3) is 0.462. The summed E-state index contributed by atoms with van der Waals surface area (Å²) < 4.78 is 7.64. The predicted octanol–water partition coefficient (Wildman–Crippen LogP) is 1.90. The zero-order valence-corrected chi connectivity index (χ0v) is 9.91. The maximum absolute atomic E-state index is 5.95. The average molecular weight is 231 g/mol. The van der Waals surface area contributed by atoms with Crippen LogP contribution in [0.25, 0.3) is 0 Å². The van der Waals surface area contributed by atoms with Gasteiger partial charge in [-0.25, -0.2) is 0 Å². The summed E-state index contributed by atoms with van der Waals surface area (Å²) in [4.78, 5) is 0. The Morgan fingerprint density at radius 3 is 2.94 bits per heavy atom. The summed E-state index contributed by atoms with van der Waals surface area (Å²) >= 11 is 0. The van der Waals surface area contributed by atoms with Gasteiger partial charge in [-0.05, 0) is 18.8 Å². The first-order valence-electron chi connectivity index (χ1n) is 6.05. The minimum absolute atomic E-state index is 0.207. The largest absolute Gasteiger partial charge is 0.471 e. The van der Waals surface area contributed by atoms with Crippen molar-refractivity contribution in [3.05, 3.63) is 30.5 Å². The molecule has 2 N–H and O–H groups in total. The van der Waals surface area contributed by atoms with Crippen LogP contribution < -0.4 is 10.5 Å². The van der Waals surface area contributed by atoms with E-state index in [2.05, 4.69) is 29.4 Å². The van der Waals surface area contributed by atoms with Crippen molar-refractivity contribution in [1.29, 1.82) is 0 Å². The second-order valence-corrected chi connectivity index (χ2v) is 4.81.